The molecule has 1 aromatic heterocycles. The van der Waals surface area contributed by atoms with Crippen LogP contribution in [0.1, 0.15) is 5.56 Å². The van der Waals surface area contributed by atoms with Crippen LogP contribution in [0.5, 0.6) is 0 Å². The molecule has 2 rings (SSSR count). The van der Waals surface area contributed by atoms with Gasteiger partial charge in [-0.25, -0.2) is 8.42 Å². The summed E-state index contributed by atoms with van der Waals surface area (Å²) in [5.41, 5.74) is 1.51. The normalized spacial score (nSPS) is 11.1. The lowest BCUT2D eigenvalue weighted by Crippen LogP contribution is -1.91. The topological polar surface area (TPSA) is 57.9 Å². The fourth-order valence-corrected chi connectivity index (χ4v) is 3.32. The van der Waals surface area contributed by atoms with Gasteiger partial charge in [0.15, 0.2) is 9.84 Å². The predicted molar refractivity (Wildman–Crippen MR) is 67.6 cm³/mol. The van der Waals surface area contributed by atoms with Crippen LogP contribution in [-0.2, 0) is 9.84 Å². The van der Waals surface area contributed by atoms with Gasteiger partial charge in [-0.1, -0.05) is 12.1 Å². The van der Waals surface area contributed by atoms with Crippen LogP contribution in [0.2, 0.25) is 0 Å². The van der Waals surface area contributed by atoms with E-state index in [-0.39, 0.29) is 0 Å². The highest BCUT2D eigenvalue weighted by Crippen LogP contribution is 2.30. The molecule has 0 radical (unpaired) electrons. The molecule has 0 amide bonds. The quantitative estimate of drug-likeness (QED) is 0.837. The first kappa shape index (κ1) is 11.8. The lowest BCUT2D eigenvalue weighted by atomic mass is 10.1. The third kappa shape index (κ3) is 2.54. The molecule has 2 aromatic rings. The Bertz CT molecular complexity index is 676. The fraction of sp³-hybridized carbons (Fsp3) is 0.0833. The van der Waals surface area contributed by atoms with E-state index in [1.165, 1.54) is 17.6 Å². The summed E-state index contributed by atoms with van der Waals surface area (Å²) in [6, 6.07) is 12.5. The lowest BCUT2D eigenvalue weighted by Gasteiger charge is -1.96. The molecule has 0 aliphatic heterocycles. The van der Waals surface area contributed by atoms with Crippen LogP contribution in [-0.4, -0.2) is 14.7 Å². The van der Waals surface area contributed by atoms with E-state index in [0.29, 0.717) is 9.77 Å². The predicted octanol–water partition coefficient (Wildman–Crippen LogP) is 2.69. The molecule has 0 fully saturated rings. The lowest BCUT2D eigenvalue weighted by molar-refractivity contribution is 0.604. The van der Waals surface area contributed by atoms with Gasteiger partial charge in [0, 0.05) is 11.1 Å². The standard InChI is InChI=1S/C12H9NO2S2/c1-17(14,15)12-7-6-11(16-12)10-4-2-9(8-13)3-5-10/h2-7H,1H3. The Balaban J connectivity index is 2.41. The van der Waals surface area contributed by atoms with Crippen LogP contribution in [0, 0.1) is 11.3 Å². The second-order valence-electron chi connectivity index (χ2n) is 3.58. The van der Waals surface area contributed by atoms with Crippen molar-refractivity contribution in [2.24, 2.45) is 0 Å². The summed E-state index contributed by atoms with van der Waals surface area (Å²) in [6.45, 7) is 0. The van der Waals surface area contributed by atoms with Crippen molar-refractivity contribution in [1.29, 1.82) is 5.26 Å². The molecule has 0 saturated heterocycles. The Morgan fingerprint density at radius 1 is 1.12 bits per heavy atom. The Labute approximate surface area is 104 Å². The maximum absolute atomic E-state index is 11.3. The second kappa shape index (κ2) is 4.32. The van der Waals surface area contributed by atoms with Gasteiger partial charge >= 0.3 is 0 Å². The monoisotopic (exact) mass is 263 g/mol. The molecule has 0 unspecified atom stereocenters. The molecule has 0 aliphatic rings. The zero-order valence-corrected chi connectivity index (χ0v) is 10.7. The Morgan fingerprint density at radius 2 is 1.76 bits per heavy atom. The summed E-state index contributed by atoms with van der Waals surface area (Å²) in [4.78, 5) is 0.884. The minimum atomic E-state index is -3.14. The van der Waals surface area contributed by atoms with Gasteiger partial charge in [-0.05, 0) is 29.8 Å². The average Bonchev–Trinajstić information content (AvgIpc) is 2.78. The minimum absolute atomic E-state index is 0.358. The van der Waals surface area contributed by atoms with Gasteiger partial charge in [0.05, 0.1) is 11.6 Å². The molecule has 0 atom stereocenters. The highest BCUT2D eigenvalue weighted by atomic mass is 32.2. The Morgan fingerprint density at radius 3 is 2.24 bits per heavy atom. The van der Waals surface area contributed by atoms with Crippen molar-refractivity contribution < 1.29 is 8.42 Å². The van der Waals surface area contributed by atoms with Gasteiger partial charge in [-0.15, -0.1) is 11.3 Å². The summed E-state index contributed by atoms with van der Waals surface area (Å²) in [6.07, 6.45) is 1.20. The van der Waals surface area contributed by atoms with Gasteiger partial charge in [-0.3, -0.25) is 0 Å². The molecule has 0 N–H and O–H groups in total. The highest BCUT2D eigenvalue weighted by molar-refractivity contribution is 7.92. The number of hydrogen-bond acceptors (Lipinski definition) is 4. The summed E-state index contributed by atoms with van der Waals surface area (Å²) in [5, 5.41) is 8.68. The van der Waals surface area contributed by atoms with Gasteiger partial charge in [-0.2, -0.15) is 5.26 Å². The largest absolute Gasteiger partial charge is 0.223 e. The first-order chi connectivity index (χ1) is 8.00. The highest BCUT2D eigenvalue weighted by Gasteiger charge is 2.11. The summed E-state index contributed by atoms with van der Waals surface area (Å²) >= 11 is 1.24. The summed E-state index contributed by atoms with van der Waals surface area (Å²) in [5.74, 6) is 0. The molecular weight excluding hydrogens is 254 g/mol. The zero-order chi connectivity index (χ0) is 12.5. The molecule has 1 heterocycles. The van der Waals surface area contributed by atoms with Crippen LogP contribution < -0.4 is 0 Å². The molecule has 0 bridgehead atoms. The second-order valence-corrected chi connectivity index (χ2v) is 6.91. The Hall–Kier alpha value is -1.64. The van der Waals surface area contributed by atoms with Crippen molar-refractivity contribution in [2.45, 2.75) is 4.21 Å². The van der Waals surface area contributed by atoms with Crippen molar-refractivity contribution in [1.82, 2.24) is 0 Å². The van der Waals surface area contributed by atoms with E-state index in [1.807, 2.05) is 18.2 Å². The molecule has 0 aliphatic carbocycles. The molecule has 1 aromatic carbocycles. The van der Waals surface area contributed by atoms with E-state index in [0.717, 1.165) is 10.4 Å². The van der Waals surface area contributed by atoms with Crippen molar-refractivity contribution in [3.8, 4) is 16.5 Å². The van der Waals surface area contributed by atoms with Gasteiger partial charge in [0.2, 0.25) is 0 Å². The first-order valence-corrected chi connectivity index (χ1v) is 7.52. The molecule has 3 nitrogen and oxygen atoms in total. The zero-order valence-electron chi connectivity index (χ0n) is 9.04. The molecule has 0 saturated carbocycles. The van der Waals surface area contributed by atoms with E-state index < -0.39 is 9.84 Å². The van der Waals surface area contributed by atoms with Crippen LogP contribution in [0.25, 0.3) is 10.4 Å². The fourth-order valence-electron chi connectivity index (χ4n) is 1.38. The van der Waals surface area contributed by atoms with E-state index >= 15 is 0 Å². The number of hydrogen-bond donors (Lipinski definition) is 0. The smallest absolute Gasteiger partial charge is 0.184 e. The van der Waals surface area contributed by atoms with Crippen molar-refractivity contribution in [3.63, 3.8) is 0 Å². The number of rotatable bonds is 2. The first-order valence-electron chi connectivity index (χ1n) is 4.81. The molecular formula is C12H9NO2S2. The van der Waals surface area contributed by atoms with Crippen LogP contribution in [0.15, 0.2) is 40.6 Å². The van der Waals surface area contributed by atoms with Crippen molar-refractivity contribution in [3.05, 3.63) is 42.0 Å². The SMILES string of the molecule is CS(=O)(=O)c1ccc(-c2ccc(C#N)cc2)s1. The average molecular weight is 263 g/mol. The molecule has 0 spiro atoms. The molecule has 86 valence electrons. The number of thiophene rings is 1. The van der Waals surface area contributed by atoms with Gasteiger partial charge in [0.1, 0.15) is 4.21 Å². The maximum atomic E-state index is 11.3. The molecule has 5 heteroatoms. The number of nitriles is 1. The minimum Gasteiger partial charge on any atom is -0.223 e. The third-order valence-electron chi connectivity index (χ3n) is 2.25. The van der Waals surface area contributed by atoms with Crippen molar-refractivity contribution in [2.75, 3.05) is 6.26 Å². The number of sulfone groups is 1. The van der Waals surface area contributed by atoms with Crippen LogP contribution in [0.4, 0.5) is 0 Å². The van der Waals surface area contributed by atoms with Crippen molar-refractivity contribution >= 4 is 21.2 Å². The van der Waals surface area contributed by atoms with E-state index in [1.54, 1.807) is 24.3 Å². The number of benzene rings is 1. The van der Waals surface area contributed by atoms with E-state index in [4.69, 9.17) is 5.26 Å². The molecule has 17 heavy (non-hydrogen) atoms. The van der Waals surface area contributed by atoms with Crippen LogP contribution >= 0.6 is 11.3 Å². The third-order valence-corrected chi connectivity index (χ3v) is 5.20. The summed E-state index contributed by atoms with van der Waals surface area (Å²) < 4.78 is 23.0. The summed E-state index contributed by atoms with van der Waals surface area (Å²) in [7, 11) is -3.14. The van der Waals surface area contributed by atoms with E-state index in [9.17, 15) is 8.42 Å². The maximum Gasteiger partial charge on any atom is 0.184 e. The van der Waals surface area contributed by atoms with Crippen LogP contribution in [0.3, 0.4) is 0 Å². The van der Waals surface area contributed by atoms with Gasteiger partial charge in [0.25, 0.3) is 0 Å². The van der Waals surface area contributed by atoms with Gasteiger partial charge < -0.3 is 0 Å². The number of nitrogens with zero attached hydrogens (tertiary/aromatic N) is 1. The van der Waals surface area contributed by atoms with E-state index in [2.05, 4.69) is 0 Å². The Kier molecular flexibility index (Phi) is 3.01.